The van der Waals surface area contributed by atoms with E-state index in [0.717, 1.165) is 0 Å². The molecule has 0 saturated carbocycles. The van der Waals surface area contributed by atoms with Crippen LogP contribution in [-0.4, -0.2) is 17.4 Å². The van der Waals surface area contributed by atoms with E-state index in [4.69, 9.17) is 5.73 Å². The molecule has 0 aliphatic carbocycles. The fourth-order valence-corrected chi connectivity index (χ4v) is 1.89. The molecule has 0 bridgehead atoms. The van der Waals surface area contributed by atoms with Crippen molar-refractivity contribution in [2.75, 3.05) is 6.54 Å². The Labute approximate surface area is 83.5 Å². The second kappa shape index (κ2) is 3.42. The molecule has 0 spiro atoms. The normalized spacial score (nSPS) is 20.4. The van der Waals surface area contributed by atoms with E-state index in [1.54, 1.807) is 11.8 Å². The summed E-state index contributed by atoms with van der Waals surface area (Å²) in [4.78, 5) is 13.0. The summed E-state index contributed by atoms with van der Waals surface area (Å²) in [5, 5.41) is 0. The molecule has 14 heavy (non-hydrogen) atoms. The summed E-state index contributed by atoms with van der Waals surface area (Å²) in [6, 6.07) is 8.00. The highest BCUT2D eigenvalue weighted by atomic mass is 16.2. The van der Waals surface area contributed by atoms with Gasteiger partial charge in [0.05, 0.1) is 0 Å². The van der Waals surface area contributed by atoms with E-state index in [1.807, 2.05) is 24.3 Å². The van der Waals surface area contributed by atoms with E-state index < -0.39 is 0 Å². The Hall–Kier alpha value is -1.35. The molecule has 1 aromatic rings. The van der Waals surface area contributed by atoms with Gasteiger partial charge in [0.15, 0.2) is 0 Å². The summed E-state index contributed by atoms with van der Waals surface area (Å²) in [5.74, 6) is 0.0925. The molecule has 74 valence electrons. The molecular formula is C11H14N2O. The number of carbonyl (C=O) groups excluding carboxylic acids is 1. The molecule has 0 radical (unpaired) electrons. The lowest BCUT2D eigenvalue weighted by atomic mass is 9.96. The van der Waals surface area contributed by atoms with Crippen LogP contribution < -0.4 is 5.73 Å². The lowest BCUT2D eigenvalue weighted by molar-refractivity contribution is -0.130. The molecule has 2 N–H and O–H groups in total. The predicted octanol–water partition coefficient (Wildman–Crippen LogP) is 1.05. The highest BCUT2D eigenvalue weighted by Crippen LogP contribution is 2.24. The topological polar surface area (TPSA) is 46.3 Å². The maximum Gasteiger partial charge on any atom is 0.219 e. The Balaban J connectivity index is 2.33. The third-order valence-corrected chi connectivity index (χ3v) is 2.68. The number of fused-ring (bicyclic) bond motifs is 1. The summed E-state index contributed by atoms with van der Waals surface area (Å²) in [6.45, 7) is 2.91. The molecule has 3 nitrogen and oxygen atoms in total. The van der Waals surface area contributed by atoms with Crippen LogP contribution in [0.4, 0.5) is 0 Å². The van der Waals surface area contributed by atoms with Crippen LogP contribution in [-0.2, 0) is 11.3 Å². The SMILES string of the molecule is CC(=O)N1Cc2ccccc2C(N)C1. The average Bonchev–Trinajstić information content (AvgIpc) is 2.17. The van der Waals surface area contributed by atoms with E-state index in [9.17, 15) is 4.79 Å². The van der Waals surface area contributed by atoms with Crippen LogP contribution in [0, 0.1) is 0 Å². The Morgan fingerprint density at radius 3 is 2.93 bits per heavy atom. The summed E-state index contributed by atoms with van der Waals surface area (Å²) in [5.41, 5.74) is 8.32. The average molecular weight is 190 g/mol. The highest BCUT2D eigenvalue weighted by molar-refractivity contribution is 5.73. The molecule has 1 aliphatic heterocycles. The van der Waals surface area contributed by atoms with Gasteiger partial charge in [0.2, 0.25) is 5.91 Å². The lowest BCUT2D eigenvalue weighted by Gasteiger charge is -2.32. The van der Waals surface area contributed by atoms with Crippen molar-refractivity contribution in [1.29, 1.82) is 0 Å². The Morgan fingerprint density at radius 1 is 1.50 bits per heavy atom. The molecule has 1 amide bonds. The Bertz CT molecular complexity index is 362. The van der Waals surface area contributed by atoms with E-state index >= 15 is 0 Å². The lowest BCUT2D eigenvalue weighted by Crippen LogP contribution is -2.39. The van der Waals surface area contributed by atoms with Gasteiger partial charge in [-0.15, -0.1) is 0 Å². The van der Waals surface area contributed by atoms with Gasteiger partial charge in [-0.25, -0.2) is 0 Å². The maximum atomic E-state index is 11.2. The van der Waals surface area contributed by atoms with Crippen molar-refractivity contribution in [3.05, 3.63) is 35.4 Å². The quantitative estimate of drug-likeness (QED) is 0.664. The van der Waals surface area contributed by atoms with Crippen LogP contribution in [0.15, 0.2) is 24.3 Å². The van der Waals surface area contributed by atoms with Crippen molar-refractivity contribution in [2.24, 2.45) is 5.73 Å². The van der Waals surface area contributed by atoms with Gasteiger partial charge in [0, 0.05) is 26.1 Å². The third-order valence-electron chi connectivity index (χ3n) is 2.68. The molecule has 1 atom stereocenters. The first-order valence-electron chi connectivity index (χ1n) is 4.77. The van der Waals surface area contributed by atoms with Crippen molar-refractivity contribution in [3.8, 4) is 0 Å². The van der Waals surface area contributed by atoms with Crippen LogP contribution in [0.3, 0.4) is 0 Å². The maximum absolute atomic E-state index is 11.2. The van der Waals surface area contributed by atoms with Gasteiger partial charge in [-0.2, -0.15) is 0 Å². The Kier molecular flexibility index (Phi) is 2.25. The van der Waals surface area contributed by atoms with E-state index in [0.29, 0.717) is 13.1 Å². The van der Waals surface area contributed by atoms with Crippen LogP contribution in [0.25, 0.3) is 0 Å². The zero-order chi connectivity index (χ0) is 10.1. The number of nitrogens with two attached hydrogens (primary N) is 1. The third kappa shape index (κ3) is 1.51. The zero-order valence-electron chi connectivity index (χ0n) is 8.23. The van der Waals surface area contributed by atoms with Crippen LogP contribution >= 0.6 is 0 Å². The minimum atomic E-state index is -0.0381. The van der Waals surface area contributed by atoms with Crippen molar-refractivity contribution >= 4 is 5.91 Å². The molecule has 1 aromatic carbocycles. The summed E-state index contributed by atoms with van der Waals surface area (Å²) < 4.78 is 0. The summed E-state index contributed by atoms with van der Waals surface area (Å²) in [7, 11) is 0. The van der Waals surface area contributed by atoms with Crippen LogP contribution in [0.2, 0.25) is 0 Å². The first kappa shape index (κ1) is 9.21. The predicted molar refractivity (Wildman–Crippen MR) is 54.5 cm³/mol. The zero-order valence-corrected chi connectivity index (χ0v) is 8.23. The molecule has 1 heterocycles. The second-order valence-corrected chi connectivity index (χ2v) is 3.70. The molecule has 2 rings (SSSR count). The first-order chi connectivity index (χ1) is 6.68. The van der Waals surface area contributed by atoms with Crippen LogP contribution in [0.1, 0.15) is 24.1 Å². The standard InChI is InChI=1S/C11H14N2O/c1-8(14)13-6-9-4-2-3-5-10(9)11(12)7-13/h2-5,11H,6-7,12H2,1H3. The number of amides is 1. The van der Waals surface area contributed by atoms with Crippen molar-refractivity contribution in [1.82, 2.24) is 4.90 Å². The second-order valence-electron chi connectivity index (χ2n) is 3.70. The Morgan fingerprint density at radius 2 is 2.21 bits per heavy atom. The summed E-state index contributed by atoms with van der Waals surface area (Å²) >= 11 is 0. The van der Waals surface area contributed by atoms with Crippen molar-refractivity contribution < 1.29 is 4.79 Å². The summed E-state index contributed by atoms with van der Waals surface area (Å²) in [6.07, 6.45) is 0. The minimum Gasteiger partial charge on any atom is -0.337 e. The number of nitrogens with zero attached hydrogens (tertiary/aromatic N) is 1. The number of hydrogen-bond donors (Lipinski definition) is 1. The van der Waals surface area contributed by atoms with Gasteiger partial charge < -0.3 is 10.6 Å². The molecule has 3 heteroatoms. The smallest absolute Gasteiger partial charge is 0.219 e. The van der Waals surface area contributed by atoms with Gasteiger partial charge in [-0.05, 0) is 11.1 Å². The number of rotatable bonds is 0. The van der Waals surface area contributed by atoms with Crippen molar-refractivity contribution in [2.45, 2.75) is 19.5 Å². The van der Waals surface area contributed by atoms with Crippen LogP contribution in [0.5, 0.6) is 0 Å². The molecule has 0 fully saturated rings. The minimum absolute atomic E-state index is 0.0381. The number of hydrogen-bond acceptors (Lipinski definition) is 2. The largest absolute Gasteiger partial charge is 0.337 e. The van der Waals surface area contributed by atoms with Gasteiger partial charge in [-0.3, -0.25) is 4.79 Å². The number of carbonyl (C=O) groups is 1. The van der Waals surface area contributed by atoms with Crippen molar-refractivity contribution in [3.63, 3.8) is 0 Å². The van der Waals surface area contributed by atoms with E-state index in [2.05, 4.69) is 0 Å². The molecule has 0 saturated heterocycles. The van der Waals surface area contributed by atoms with Gasteiger partial charge >= 0.3 is 0 Å². The van der Waals surface area contributed by atoms with Gasteiger partial charge in [-0.1, -0.05) is 24.3 Å². The number of benzene rings is 1. The van der Waals surface area contributed by atoms with E-state index in [1.165, 1.54) is 11.1 Å². The molecule has 1 aliphatic rings. The molecular weight excluding hydrogens is 176 g/mol. The fraction of sp³-hybridized carbons (Fsp3) is 0.364. The first-order valence-corrected chi connectivity index (χ1v) is 4.77. The highest BCUT2D eigenvalue weighted by Gasteiger charge is 2.23. The van der Waals surface area contributed by atoms with Gasteiger partial charge in [0.1, 0.15) is 0 Å². The van der Waals surface area contributed by atoms with Gasteiger partial charge in [0.25, 0.3) is 0 Å². The van der Waals surface area contributed by atoms with E-state index in [-0.39, 0.29) is 11.9 Å². The fourth-order valence-electron chi connectivity index (χ4n) is 1.89. The molecule has 1 unspecified atom stereocenters. The molecule has 0 aromatic heterocycles. The monoisotopic (exact) mass is 190 g/mol.